The molecule has 0 bridgehead atoms. The molecule has 1 aliphatic rings. The number of ether oxygens (including phenoxy) is 4. The third-order valence-corrected chi connectivity index (χ3v) is 5.17. The Bertz CT molecular complexity index is 1310. The van der Waals surface area contributed by atoms with Crippen LogP contribution in [-0.2, 0) is 9.53 Å². The summed E-state index contributed by atoms with van der Waals surface area (Å²) in [6.45, 7) is 5.26. The SMILES string of the molecule is COc1cc2nccc(Oc3c(F)cc([N+](=O)[O-])cc3F)c2cc1OC1(C(=O)OC(C)(C)C)CC1. The predicted octanol–water partition coefficient (Wildman–Crippen LogP) is 5.48. The van der Waals surface area contributed by atoms with E-state index in [-0.39, 0.29) is 17.2 Å². The number of fused-ring (bicyclic) bond motifs is 1. The zero-order chi connectivity index (χ0) is 25.5. The Labute approximate surface area is 198 Å². The lowest BCUT2D eigenvalue weighted by Gasteiger charge is -2.25. The number of hydrogen-bond acceptors (Lipinski definition) is 8. The largest absolute Gasteiger partial charge is 0.493 e. The Kier molecular flexibility index (Phi) is 5.95. The second-order valence-electron chi connectivity index (χ2n) is 9.03. The minimum Gasteiger partial charge on any atom is -0.493 e. The van der Waals surface area contributed by atoms with E-state index in [9.17, 15) is 23.7 Å². The maximum atomic E-state index is 14.4. The highest BCUT2D eigenvalue weighted by atomic mass is 19.1. The second-order valence-corrected chi connectivity index (χ2v) is 9.03. The third-order valence-electron chi connectivity index (χ3n) is 5.17. The van der Waals surface area contributed by atoms with E-state index in [1.807, 2.05) is 0 Å². The number of esters is 1. The van der Waals surface area contributed by atoms with Gasteiger partial charge in [-0.3, -0.25) is 15.1 Å². The number of nitro benzene ring substituents is 1. The standard InChI is InChI=1S/C24H22F2N2O7/c1-23(2,3)35-22(29)24(6-7-24)34-20-11-14-17(12-19(20)32-4)27-8-5-18(14)33-21-15(25)9-13(28(30)31)10-16(21)26/h5,8-12H,6-7H2,1-4H3. The van der Waals surface area contributed by atoms with Gasteiger partial charge in [-0.2, -0.15) is 0 Å². The van der Waals surface area contributed by atoms with Crippen LogP contribution in [-0.4, -0.2) is 34.2 Å². The zero-order valence-electron chi connectivity index (χ0n) is 19.4. The van der Waals surface area contributed by atoms with Crippen LogP contribution in [0.2, 0.25) is 0 Å². The first-order chi connectivity index (χ1) is 16.4. The fraction of sp³-hybridized carbons (Fsp3) is 0.333. The molecule has 0 radical (unpaired) electrons. The molecule has 1 aliphatic carbocycles. The van der Waals surface area contributed by atoms with Crippen molar-refractivity contribution in [2.45, 2.75) is 44.8 Å². The Balaban J connectivity index is 1.72. The van der Waals surface area contributed by atoms with Gasteiger partial charge >= 0.3 is 5.97 Å². The summed E-state index contributed by atoms with van der Waals surface area (Å²) in [5.41, 5.74) is -2.26. The van der Waals surface area contributed by atoms with E-state index in [0.717, 1.165) is 0 Å². The number of benzene rings is 2. The number of methoxy groups -OCH3 is 1. The highest BCUT2D eigenvalue weighted by Crippen LogP contribution is 2.46. The lowest BCUT2D eigenvalue weighted by atomic mass is 10.1. The Morgan fingerprint density at radius 3 is 2.29 bits per heavy atom. The van der Waals surface area contributed by atoms with Gasteiger partial charge in [0.05, 0.1) is 29.7 Å². The van der Waals surface area contributed by atoms with Crippen molar-refractivity contribution in [2.24, 2.45) is 0 Å². The molecule has 1 heterocycles. The minimum atomic E-state index is -1.24. The number of carbonyl (C=O) groups excluding carboxylic acids is 1. The molecule has 0 N–H and O–H groups in total. The fourth-order valence-electron chi connectivity index (χ4n) is 3.36. The minimum absolute atomic E-state index is 0.0104. The third kappa shape index (κ3) is 4.93. The van der Waals surface area contributed by atoms with Crippen molar-refractivity contribution in [1.29, 1.82) is 0 Å². The number of nitrogens with zero attached hydrogens (tertiary/aromatic N) is 2. The van der Waals surface area contributed by atoms with Crippen LogP contribution in [0, 0.1) is 21.7 Å². The quantitative estimate of drug-likeness (QED) is 0.244. The topological polar surface area (TPSA) is 110 Å². The van der Waals surface area contributed by atoms with E-state index in [0.29, 0.717) is 35.9 Å². The van der Waals surface area contributed by atoms with Crippen LogP contribution in [0.4, 0.5) is 14.5 Å². The summed E-state index contributed by atoms with van der Waals surface area (Å²) >= 11 is 0. The van der Waals surface area contributed by atoms with Crippen molar-refractivity contribution in [1.82, 2.24) is 4.98 Å². The molecular weight excluding hydrogens is 466 g/mol. The van der Waals surface area contributed by atoms with Crippen LogP contribution in [0.25, 0.3) is 10.9 Å². The van der Waals surface area contributed by atoms with E-state index >= 15 is 0 Å². The molecule has 1 aromatic heterocycles. The summed E-state index contributed by atoms with van der Waals surface area (Å²) in [4.78, 5) is 26.9. The van der Waals surface area contributed by atoms with Gasteiger partial charge in [0.15, 0.2) is 28.9 Å². The van der Waals surface area contributed by atoms with Crippen LogP contribution in [0.15, 0.2) is 36.5 Å². The Morgan fingerprint density at radius 1 is 1.09 bits per heavy atom. The summed E-state index contributed by atoms with van der Waals surface area (Å²) < 4.78 is 51.3. The summed E-state index contributed by atoms with van der Waals surface area (Å²) in [6.07, 6.45) is 2.25. The maximum absolute atomic E-state index is 14.4. The van der Waals surface area contributed by atoms with Gasteiger partial charge in [-0.15, -0.1) is 0 Å². The Morgan fingerprint density at radius 2 is 1.74 bits per heavy atom. The first kappa shape index (κ1) is 24.1. The molecule has 184 valence electrons. The number of rotatable bonds is 7. The summed E-state index contributed by atoms with van der Waals surface area (Å²) in [5, 5.41) is 11.2. The molecule has 0 amide bonds. The highest BCUT2D eigenvalue weighted by molar-refractivity contribution is 5.89. The smallest absolute Gasteiger partial charge is 0.351 e. The van der Waals surface area contributed by atoms with Crippen molar-refractivity contribution in [3.63, 3.8) is 0 Å². The Hall–Kier alpha value is -4.02. The van der Waals surface area contributed by atoms with Crippen molar-refractivity contribution in [2.75, 3.05) is 7.11 Å². The summed E-state index contributed by atoms with van der Waals surface area (Å²) in [5.74, 6) is -3.33. The molecule has 4 rings (SSSR count). The maximum Gasteiger partial charge on any atom is 0.351 e. The summed E-state index contributed by atoms with van der Waals surface area (Å²) in [6, 6.07) is 5.53. The van der Waals surface area contributed by atoms with Gasteiger partial charge < -0.3 is 18.9 Å². The predicted molar refractivity (Wildman–Crippen MR) is 120 cm³/mol. The lowest BCUT2D eigenvalue weighted by molar-refractivity contribution is -0.385. The van der Waals surface area contributed by atoms with Crippen LogP contribution in [0.1, 0.15) is 33.6 Å². The van der Waals surface area contributed by atoms with Gasteiger partial charge in [-0.1, -0.05) is 0 Å². The van der Waals surface area contributed by atoms with Gasteiger partial charge in [-0.05, 0) is 32.9 Å². The molecule has 0 saturated heterocycles. The molecule has 2 aromatic carbocycles. The highest BCUT2D eigenvalue weighted by Gasteiger charge is 2.56. The van der Waals surface area contributed by atoms with Gasteiger partial charge in [0.25, 0.3) is 5.69 Å². The average molecular weight is 488 g/mol. The van der Waals surface area contributed by atoms with Gasteiger partial charge in [-0.25, -0.2) is 13.6 Å². The first-order valence-corrected chi connectivity index (χ1v) is 10.6. The second kappa shape index (κ2) is 8.64. The molecular formula is C24H22F2N2O7. The van der Waals surface area contributed by atoms with E-state index in [1.165, 1.54) is 31.5 Å². The molecule has 0 aliphatic heterocycles. The summed E-state index contributed by atoms with van der Waals surface area (Å²) in [7, 11) is 1.42. The molecule has 0 unspecified atom stereocenters. The molecule has 9 nitrogen and oxygen atoms in total. The molecule has 35 heavy (non-hydrogen) atoms. The molecule has 1 fully saturated rings. The van der Waals surface area contributed by atoms with E-state index in [2.05, 4.69) is 4.98 Å². The number of hydrogen-bond donors (Lipinski definition) is 0. The van der Waals surface area contributed by atoms with E-state index in [1.54, 1.807) is 20.8 Å². The number of halogens is 2. The number of pyridine rings is 1. The number of aromatic nitrogens is 1. The molecule has 3 aromatic rings. The number of carbonyl (C=O) groups is 1. The normalized spacial score (nSPS) is 14.3. The van der Waals surface area contributed by atoms with Crippen molar-refractivity contribution in [3.8, 4) is 23.0 Å². The molecule has 1 saturated carbocycles. The molecule has 0 spiro atoms. The van der Waals surface area contributed by atoms with Crippen LogP contribution in [0.5, 0.6) is 23.0 Å². The zero-order valence-corrected chi connectivity index (χ0v) is 19.4. The van der Waals surface area contributed by atoms with E-state index < -0.39 is 45.2 Å². The monoisotopic (exact) mass is 488 g/mol. The van der Waals surface area contributed by atoms with Gasteiger partial charge in [0, 0.05) is 30.5 Å². The number of non-ortho nitro benzene ring substituents is 1. The molecule has 0 atom stereocenters. The molecule has 11 heteroatoms. The van der Waals surface area contributed by atoms with Gasteiger partial charge in [0.2, 0.25) is 5.60 Å². The first-order valence-electron chi connectivity index (χ1n) is 10.6. The number of nitro groups is 1. The van der Waals surface area contributed by atoms with Crippen molar-refractivity contribution >= 4 is 22.6 Å². The van der Waals surface area contributed by atoms with Crippen LogP contribution < -0.4 is 14.2 Å². The van der Waals surface area contributed by atoms with Crippen molar-refractivity contribution in [3.05, 3.63) is 58.3 Å². The van der Waals surface area contributed by atoms with Crippen molar-refractivity contribution < 1.29 is 37.4 Å². The lowest BCUT2D eigenvalue weighted by Crippen LogP contribution is -2.37. The average Bonchev–Trinajstić information content (AvgIpc) is 3.55. The van der Waals surface area contributed by atoms with E-state index in [4.69, 9.17) is 18.9 Å². The van der Waals surface area contributed by atoms with Crippen LogP contribution >= 0.6 is 0 Å². The fourth-order valence-corrected chi connectivity index (χ4v) is 3.36. The van der Waals surface area contributed by atoms with Crippen LogP contribution in [0.3, 0.4) is 0 Å². The van der Waals surface area contributed by atoms with Gasteiger partial charge in [0.1, 0.15) is 11.4 Å².